The maximum Gasteiger partial charge on any atom is 0.435 e. The van der Waals surface area contributed by atoms with Crippen LogP contribution in [0.2, 0.25) is 0 Å². The van der Waals surface area contributed by atoms with Crippen molar-refractivity contribution in [1.29, 1.82) is 0 Å². The lowest BCUT2D eigenvalue weighted by Crippen LogP contribution is -2.09. The van der Waals surface area contributed by atoms with Crippen molar-refractivity contribution in [1.82, 2.24) is 10.2 Å². The Morgan fingerprint density at radius 3 is 2.25 bits per heavy atom. The van der Waals surface area contributed by atoms with Gasteiger partial charge in [-0.3, -0.25) is 0 Å². The van der Waals surface area contributed by atoms with Gasteiger partial charge < -0.3 is 0 Å². The molecule has 1 unspecified atom stereocenters. The molecule has 106 valence electrons. The number of nitrogens with zero attached hydrogens (tertiary/aromatic N) is 2. The van der Waals surface area contributed by atoms with Crippen molar-refractivity contribution in [2.75, 3.05) is 0 Å². The summed E-state index contributed by atoms with van der Waals surface area (Å²) in [6.45, 7) is 2.03. The Bertz CT molecular complexity index is 541. The van der Waals surface area contributed by atoms with E-state index in [1.165, 1.54) is 17.8 Å². The summed E-state index contributed by atoms with van der Waals surface area (Å²) >= 11 is 1.42. The van der Waals surface area contributed by atoms with Gasteiger partial charge in [0, 0.05) is 5.25 Å². The molecule has 0 spiro atoms. The van der Waals surface area contributed by atoms with Gasteiger partial charge in [0.1, 0.15) is 5.03 Å². The van der Waals surface area contributed by atoms with Gasteiger partial charge in [0.2, 0.25) is 0 Å². The largest absolute Gasteiger partial charge is 0.435 e. The van der Waals surface area contributed by atoms with E-state index in [0.717, 1.165) is 18.1 Å². The second-order valence-corrected chi connectivity index (χ2v) is 5.40. The molecule has 1 heterocycles. The zero-order valence-corrected chi connectivity index (χ0v) is 11.6. The van der Waals surface area contributed by atoms with E-state index in [1.54, 1.807) is 0 Å². The fraction of sp³-hybridized carbons (Fsp3) is 0.286. The highest BCUT2D eigenvalue weighted by molar-refractivity contribution is 7.99. The summed E-state index contributed by atoms with van der Waals surface area (Å²) in [6, 6.07) is 12.1. The lowest BCUT2D eigenvalue weighted by molar-refractivity contribution is -0.141. The van der Waals surface area contributed by atoms with Crippen LogP contribution in [0.5, 0.6) is 0 Å². The molecule has 1 atom stereocenters. The Morgan fingerprint density at radius 1 is 1.05 bits per heavy atom. The molecular weight excluding hydrogens is 285 g/mol. The molecule has 0 saturated heterocycles. The molecule has 0 bridgehead atoms. The normalized spacial score (nSPS) is 13.2. The Kier molecular flexibility index (Phi) is 4.65. The molecule has 1 aromatic heterocycles. The Labute approximate surface area is 119 Å². The van der Waals surface area contributed by atoms with Gasteiger partial charge in [-0.05, 0) is 24.1 Å². The average Bonchev–Trinajstić information content (AvgIpc) is 2.45. The van der Waals surface area contributed by atoms with Gasteiger partial charge in [0.05, 0.1) is 0 Å². The molecule has 0 amide bonds. The molecule has 0 aliphatic heterocycles. The van der Waals surface area contributed by atoms with Crippen molar-refractivity contribution in [3.05, 3.63) is 53.7 Å². The first-order chi connectivity index (χ1) is 9.50. The zero-order chi connectivity index (χ0) is 14.6. The molecule has 20 heavy (non-hydrogen) atoms. The standard InChI is InChI=1S/C14H13F3N2S/c1-2-11(10-6-4-3-5-7-10)20-13-9-8-12(18-19-13)14(15,16)17/h3-9,11H,2H2,1H3. The number of thioether (sulfide) groups is 1. The average molecular weight is 298 g/mol. The quantitative estimate of drug-likeness (QED) is 0.763. The third-order valence-corrected chi connectivity index (χ3v) is 4.08. The smallest absolute Gasteiger partial charge is 0.164 e. The number of hydrogen-bond acceptors (Lipinski definition) is 3. The lowest BCUT2D eigenvalue weighted by Gasteiger charge is -2.14. The summed E-state index contributed by atoms with van der Waals surface area (Å²) in [5.74, 6) is 0. The number of halogens is 3. The van der Waals surface area contributed by atoms with E-state index in [0.29, 0.717) is 5.03 Å². The fourth-order valence-corrected chi connectivity index (χ4v) is 2.72. The minimum absolute atomic E-state index is 0.155. The minimum atomic E-state index is -4.44. The van der Waals surface area contributed by atoms with Crippen LogP contribution in [0.25, 0.3) is 0 Å². The van der Waals surface area contributed by atoms with Crippen LogP contribution < -0.4 is 0 Å². The van der Waals surface area contributed by atoms with Gasteiger partial charge in [-0.25, -0.2) is 0 Å². The summed E-state index contributed by atoms with van der Waals surface area (Å²) in [7, 11) is 0. The molecule has 0 saturated carbocycles. The van der Waals surface area contributed by atoms with Crippen molar-refractivity contribution in [3.8, 4) is 0 Å². The molecule has 1 aromatic carbocycles. The summed E-state index contributed by atoms with van der Waals surface area (Å²) in [5, 5.41) is 7.54. The molecule has 0 N–H and O–H groups in total. The maximum atomic E-state index is 12.4. The SMILES string of the molecule is CCC(Sc1ccc(C(F)(F)F)nn1)c1ccccc1. The van der Waals surface area contributed by atoms with Crippen molar-refractivity contribution in [2.45, 2.75) is 29.8 Å². The topological polar surface area (TPSA) is 25.8 Å². The predicted octanol–water partition coefficient (Wildman–Crippen LogP) is 4.74. The van der Waals surface area contributed by atoms with Crippen LogP contribution in [0, 0.1) is 0 Å². The van der Waals surface area contributed by atoms with E-state index in [4.69, 9.17) is 0 Å². The van der Waals surface area contributed by atoms with Gasteiger partial charge in [-0.2, -0.15) is 13.2 Å². The van der Waals surface area contributed by atoms with Crippen LogP contribution in [0.4, 0.5) is 13.2 Å². The van der Waals surface area contributed by atoms with Gasteiger partial charge in [0.15, 0.2) is 5.69 Å². The van der Waals surface area contributed by atoms with Gasteiger partial charge in [-0.15, -0.1) is 10.2 Å². The maximum absolute atomic E-state index is 12.4. The van der Waals surface area contributed by atoms with E-state index < -0.39 is 11.9 Å². The van der Waals surface area contributed by atoms with Crippen molar-refractivity contribution < 1.29 is 13.2 Å². The molecule has 2 nitrogen and oxygen atoms in total. The van der Waals surface area contributed by atoms with Crippen molar-refractivity contribution in [3.63, 3.8) is 0 Å². The monoisotopic (exact) mass is 298 g/mol. The first-order valence-corrected chi connectivity index (χ1v) is 7.01. The second kappa shape index (κ2) is 6.26. The Morgan fingerprint density at radius 2 is 1.75 bits per heavy atom. The minimum Gasteiger partial charge on any atom is -0.164 e. The van der Waals surface area contributed by atoms with Gasteiger partial charge in [0.25, 0.3) is 0 Å². The first-order valence-electron chi connectivity index (χ1n) is 6.13. The highest BCUT2D eigenvalue weighted by Crippen LogP contribution is 2.37. The third-order valence-electron chi connectivity index (χ3n) is 2.74. The molecule has 2 aromatic rings. The van der Waals surface area contributed by atoms with Crippen LogP contribution in [0.15, 0.2) is 47.5 Å². The fourth-order valence-electron chi connectivity index (χ4n) is 1.73. The van der Waals surface area contributed by atoms with Crippen molar-refractivity contribution in [2.24, 2.45) is 0 Å². The van der Waals surface area contributed by atoms with Crippen molar-refractivity contribution >= 4 is 11.8 Å². The van der Waals surface area contributed by atoms with Crippen LogP contribution >= 0.6 is 11.8 Å². The number of alkyl halides is 3. The van der Waals surface area contributed by atoms with E-state index in [2.05, 4.69) is 10.2 Å². The highest BCUT2D eigenvalue weighted by Gasteiger charge is 2.32. The molecule has 2 rings (SSSR count). The molecule has 0 radical (unpaired) electrons. The van der Waals surface area contributed by atoms with E-state index in [9.17, 15) is 13.2 Å². The first kappa shape index (κ1) is 14.8. The Hall–Kier alpha value is -1.56. The highest BCUT2D eigenvalue weighted by atomic mass is 32.2. The van der Waals surface area contributed by atoms with E-state index >= 15 is 0 Å². The third kappa shape index (κ3) is 3.72. The summed E-state index contributed by atoms with van der Waals surface area (Å²) in [4.78, 5) is 0. The number of hydrogen-bond donors (Lipinski definition) is 0. The van der Waals surface area contributed by atoms with Gasteiger partial charge in [-0.1, -0.05) is 49.0 Å². The predicted molar refractivity (Wildman–Crippen MR) is 72.4 cm³/mol. The van der Waals surface area contributed by atoms with E-state index in [-0.39, 0.29) is 5.25 Å². The van der Waals surface area contributed by atoms with Crippen LogP contribution in [-0.2, 0) is 6.18 Å². The second-order valence-electron chi connectivity index (χ2n) is 4.18. The number of aromatic nitrogens is 2. The zero-order valence-electron chi connectivity index (χ0n) is 10.8. The van der Waals surface area contributed by atoms with Crippen LogP contribution in [0.1, 0.15) is 29.9 Å². The van der Waals surface area contributed by atoms with Gasteiger partial charge >= 0.3 is 6.18 Å². The molecular formula is C14H13F3N2S. The summed E-state index contributed by atoms with van der Waals surface area (Å²) in [5.41, 5.74) is 0.163. The molecule has 0 aliphatic rings. The van der Waals surface area contributed by atoms with Crippen LogP contribution in [0.3, 0.4) is 0 Å². The number of rotatable bonds is 4. The van der Waals surface area contributed by atoms with E-state index in [1.807, 2.05) is 37.3 Å². The molecule has 0 fully saturated rings. The number of benzene rings is 1. The lowest BCUT2D eigenvalue weighted by atomic mass is 10.1. The molecule has 6 heteroatoms. The Balaban J connectivity index is 2.13. The molecule has 0 aliphatic carbocycles. The summed E-state index contributed by atoms with van der Waals surface area (Å²) in [6.07, 6.45) is -3.59. The summed E-state index contributed by atoms with van der Waals surface area (Å²) < 4.78 is 37.2. The van der Waals surface area contributed by atoms with Crippen LogP contribution in [-0.4, -0.2) is 10.2 Å².